The van der Waals surface area contributed by atoms with Crippen molar-refractivity contribution in [3.63, 3.8) is 0 Å². The van der Waals surface area contributed by atoms with Gasteiger partial charge in [-0.2, -0.15) is 0 Å². The predicted octanol–water partition coefficient (Wildman–Crippen LogP) is 2.53. The van der Waals surface area contributed by atoms with Gasteiger partial charge >= 0.3 is 0 Å². The summed E-state index contributed by atoms with van der Waals surface area (Å²) in [5, 5.41) is 11.0. The number of aliphatic hydroxyl groups is 1. The fourth-order valence-corrected chi connectivity index (χ4v) is 3.72. The molecule has 2 atom stereocenters. The maximum absolute atomic E-state index is 11.0. The Hall–Kier alpha value is -0.860. The van der Waals surface area contributed by atoms with Crippen LogP contribution in [0.15, 0.2) is 24.3 Å². The molecular formula is C16H23NO. The minimum absolute atomic E-state index is 0.394. The minimum Gasteiger partial charge on any atom is -0.388 e. The lowest BCUT2D eigenvalue weighted by atomic mass is 9.83. The molecule has 2 saturated heterocycles. The van der Waals surface area contributed by atoms with E-state index in [2.05, 4.69) is 36.1 Å². The van der Waals surface area contributed by atoms with E-state index in [0.717, 1.165) is 19.4 Å². The third kappa shape index (κ3) is 2.08. The van der Waals surface area contributed by atoms with Gasteiger partial charge in [0.2, 0.25) is 0 Å². The van der Waals surface area contributed by atoms with E-state index in [1.165, 1.54) is 36.9 Å². The Morgan fingerprint density at radius 3 is 2.94 bits per heavy atom. The second kappa shape index (κ2) is 4.67. The molecule has 1 N–H and O–H groups in total. The number of benzene rings is 1. The first-order valence-corrected chi connectivity index (χ1v) is 7.20. The van der Waals surface area contributed by atoms with Crippen LogP contribution in [0, 0.1) is 6.92 Å². The van der Waals surface area contributed by atoms with Crippen molar-refractivity contribution >= 4 is 0 Å². The van der Waals surface area contributed by atoms with Crippen LogP contribution in [0.4, 0.5) is 0 Å². The van der Waals surface area contributed by atoms with Gasteiger partial charge in [-0.15, -0.1) is 0 Å². The average Bonchev–Trinajstić information content (AvgIpc) is 2.71. The van der Waals surface area contributed by atoms with E-state index in [0.29, 0.717) is 6.04 Å². The Balaban J connectivity index is 1.81. The highest BCUT2D eigenvalue weighted by atomic mass is 16.3. The largest absolute Gasteiger partial charge is 0.388 e. The summed E-state index contributed by atoms with van der Waals surface area (Å²) in [6.07, 6.45) is 5.50. The minimum atomic E-state index is -0.494. The number of piperidine rings is 1. The van der Waals surface area contributed by atoms with Gasteiger partial charge < -0.3 is 5.11 Å². The van der Waals surface area contributed by atoms with Gasteiger partial charge in [0, 0.05) is 19.0 Å². The van der Waals surface area contributed by atoms with Gasteiger partial charge in [0.15, 0.2) is 0 Å². The third-order valence-electron chi connectivity index (χ3n) is 4.82. The lowest BCUT2D eigenvalue weighted by Crippen LogP contribution is -2.48. The molecule has 0 aliphatic carbocycles. The molecule has 0 radical (unpaired) electrons. The first kappa shape index (κ1) is 12.2. The monoisotopic (exact) mass is 245 g/mol. The standard InChI is InChI=1S/C16H23NO/c1-13-6-2-3-7-14(13)12-16(18)9-11-17-10-5-4-8-15(16)17/h2-3,6-7,15,18H,4-5,8-12H2,1H3. The fourth-order valence-electron chi connectivity index (χ4n) is 3.72. The van der Waals surface area contributed by atoms with E-state index in [9.17, 15) is 5.11 Å². The molecule has 0 bridgehead atoms. The molecule has 0 amide bonds. The van der Waals surface area contributed by atoms with Crippen LogP contribution < -0.4 is 0 Å². The molecule has 0 saturated carbocycles. The molecular weight excluding hydrogens is 222 g/mol. The van der Waals surface area contributed by atoms with E-state index >= 15 is 0 Å². The van der Waals surface area contributed by atoms with E-state index < -0.39 is 5.60 Å². The Morgan fingerprint density at radius 1 is 1.28 bits per heavy atom. The van der Waals surface area contributed by atoms with Crippen LogP contribution in [0.25, 0.3) is 0 Å². The molecule has 98 valence electrons. The molecule has 3 rings (SSSR count). The summed E-state index contributed by atoms with van der Waals surface area (Å²) in [6, 6.07) is 8.86. The first-order chi connectivity index (χ1) is 8.69. The van der Waals surface area contributed by atoms with Crippen molar-refractivity contribution in [3.05, 3.63) is 35.4 Å². The highest BCUT2D eigenvalue weighted by Gasteiger charge is 2.46. The van der Waals surface area contributed by atoms with E-state index in [-0.39, 0.29) is 0 Å². The number of rotatable bonds is 2. The zero-order valence-electron chi connectivity index (χ0n) is 11.2. The van der Waals surface area contributed by atoms with Crippen LogP contribution in [0.5, 0.6) is 0 Å². The van der Waals surface area contributed by atoms with Gasteiger partial charge in [-0.05, 0) is 43.9 Å². The Labute approximate surface area is 110 Å². The van der Waals surface area contributed by atoms with Gasteiger partial charge in [0.1, 0.15) is 0 Å². The maximum Gasteiger partial charge on any atom is 0.0854 e. The summed E-state index contributed by atoms with van der Waals surface area (Å²) in [6.45, 7) is 4.40. The average molecular weight is 245 g/mol. The zero-order chi connectivity index (χ0) is 12.6. The van der Waals surface area contributed by atoms with Crippen LogP contribution in [-0.4, -0.2) is 34.7 Å². The summed E-state index contributed by atoms with van der Waals surface area (Å²) in [7, 11) is 0. The lowest BCUT2D eigenvalue weighted by molar-refractivity contribution is -0.00896. The molecule has 1 aromatic carbocycles. The van der Waals surface area contributed by atoms with Crippen molar-refractivity contribution in [1.29, 1.82) is 0 Å². The van der Waals surface area contributed by atoms with Crippen molar-refractivity contribution < 1.29 is 5.11 Å². The van der Waals surface area contributed by atoms with Crippen LogP contribution in [0.3, 0.4) is 0 Å². The van der Waals surface area contributed by atoms with E-state index in [1.807, 2.05) is 0 Å². The van der Waals surface area contributed by atoms with Gasteiger partial charge in [-0.25, -0.2) is 0 Å². The molecule has 18 heavy (non-hydrogen) atoms. The van der Waals surface area contributed by atoms with Crippen molar-refractivity contribution in [2.75, 3.05) is 13.1 Å². The molecule has 2 nitrogen and oxygen atoms in total. The zero-order valence-corrected chi connectivity index (χ0v) is 11.2. The smallest absolute Gasteiger partial charge is 0.0854 e. The highest BCUT2D eigenvalue weighted by Crippen LogP contribution is 2.37. The first-order valence-electron chi connectivity index (χ1n) is 7.20. The molecule has 2 unspecified atom stereocenters. The Morgan fingerprint density at radius 2 is 2.11 bits per heavy atom. The van der Waals surface area contributed by atoms with Crippen LogP contribution >= 0.6 is 0 Å². The summed E-state index contributed by atoms with van der Waals surface area (Å²) < 4.78 is 0. The third-order valence-corrected chi connectivity index (χ3v) is 4.82. The quantitative estimate of drug-likeness (QED) is 0.865. The molecule has 2 heterocycles. The van der Waals surface area contributed by atoms with Gasteiger partial charge in [0.25, 0.3) is 0 Å². The van der Waals surface area contributed by atoms with Crippen LogP contribution in [0.2, 0.25) is 0 Å². The van der Waals surface area contributed by atoms with Crippen molar-refractivity contribution in [3.8, 4) is 0 Å². The van der Waals surface area contributed by atoms with Gasteiger partial charge in [-0.3, -0.25) is 4.90 Å². The molecule has 0 aromatic heterocycles. The summed E-state index contributed by atoms with van der Waals surface area (Å²) in [4.78, 5) is 2.50. The SMILES string of the molecule is Cc1ccccc1CC1(O)CCN2CCCCC21. The summed E-state index contributed by atoms with van der Waals surface area (Å²) in [5.74, 6) is 0. The highest BCUT2D eigenvalue weighted by molar-refractivity contribution is 5.28. The normalized spacial score (nSPS) is 32.4. The van der Waals surface area contributed by atoms with E-state index in [1.54, 1.807) is 0 Å². The van der Waals surface area contributed by atoms with Crippen molar-refractivity contribution in [2.45, 2.75) is 50.7 Å². The van der Waals surface area contributed by atoms with E-state index in [4.69, 9.17) is 0 Å². The van der Waals surface area contributed by atoms with Crippen LogP contribution in [0.1, 0.15) is 36.8 Å². The molecule has 1 aromatic rings. The number of aryl methyl sites for hydroxylation is 1. The molecule has 2 aliphatic rings. The topological polar surface area (TPSA) is 23.5 Å². The number of hydrogen-bond donors (Lipinski definition) is 1. The van der Waals surface area contributed by atoms with Crippen molar-refractivity contribution in [2.24, 2.45) is 0 Å². The van der Waals surface area contributed by atoms with Crippen LogP contribution in [-0.2, 0) is 6.42 Å². The fraction of sp³-hybridized carbons (Fsp3) is 0.625. The van der Waals surface area contributed by atoms with Crippen molar-refractivity contribution in [1.82, 2.24) is 4.90 Å². The second-order valence-corrected chi connectivity index (χ2v) is 6.00. The molecule has 2 aliphatic heterocycles. The molecule has 2 fully saturated rings. The number of fused-ring (bicyclic) bond motifs is 1. The second-order valence-electron chi connectivity index (χ2n) is 6.00. The number of nitrogens with zero attached hydrogens (tertiary/aromatic N) is 1. The summed E-state index contributed by atoms with van der Waals surface area (Å²) in [5.41, 5.74) is 2.12. The number of hydrogen-bond acceptors (Lipinski definition) is 2. The lowest BCUT2D eigenvalue weighted by Gasteiger charge is -2.37. The Bertz CT molecular complexity index is 431. The van der Waals surface area contributed by atoms with Gasteiger partial charge in [-0.1, -0.05) is 30.7 Å². The molecule has 2 heteroatoms. The van der Waals surface area contributed by atoms with Gasteiger partial charge in [0.05, 0.1) is 5.60 Å². The maximum atomic E-state index is 11.0. The predicted molar refractivity (Wildman–Crippen MR) is 73.7 cm³/mol. The molecule has 0 spiro atoms. The summed E-state index contributed by atoms with van der Waals surface area (Å²) >= 11 is 0. The Kier molecular flexibility index (Phi) is 3.16.